The van der Waals surface area contributed by atoms with Gasteiger partial charge in [-0.05, 0) is 27.7 Å². The number of rotatable bonds is 3. The lowest BCUT2D eigenvalue weighted by Gasteiger charge is -2.00. The second-order valence-electron chi connectivity index (χ2n) is 5.00. The molecule has 2 heterocycles. The van der Waals surface area contributed by atoms with Gasteiger partial charge in [0.05, 0.1) is 28.1 Å². The Bertz CT molecular complexity index is 732. The van der Waals surface area contributed by atoms with E-state index in [0.29, 0.717) is 28.1 Å². The van der Waals surface area contributed by atoms with Crippen LogP contribution < -0.4 is 0 Å². The van der Waals surface area contributed by atoms with Crippen LogP contribution in [0.5, 0.6) is 0 Å². The molecule has 6 nitrogen and oxygen atoms in total. The van der Waals surface area contributed by atoms with Gasteiger partial charge in [0.15, 0.2) is 11.6 Å². The van der Waals surface area contributed by atoms with Gasteiger partial charge in [0.1, 0.15) is 11.4 Å². The lowest BCUT2D eigenvalue weighted by Crippen LogP contribution is -2.07. The number of ketones is 2. The molecule has 122 valence electrons. The molecule has 0 unspecified atom stereocenters. The van der Waals surface area contributed by atoms with Crippen LogP contribution in [0.2, 0.25) is 0 Å². The highest BCUT2D eigenvalue weighted by molar-refractivity contribution is 9.09. The van der Waals surface area contributed by atoms with E-state index in [-0.39, 0.29) is 11.6 Å². The highest BCUT2D eigenvalue weighted by atomic mass is 79.9. The van der Waals surface area contributed by atoms with Gasteiger partial charge in [-0.2, -0.15) is 0 Å². The zero-order valence-corrected chi connectivity index (χ0v) is 15.4. The van der Waals surface area contributed by atoms with Crippen molar-refractivity contribution in [1.82, 2.24) is 19.9 Å². The van der Waals surface area contributed by atoms with E-state index in [4.69, 9.17) is 0 Å². The van der Waals surface area contributed by atoms with Crippen molar-refractivity contribution >= 4 is 27.5 Å². The third kappa shape index (κ3) is 5.59. The first-order valence-electron chi connectivity index (χ1n) is 6.96. The van der Waals surface area contributed by atoms with Gasteiger partial charge in [0.25, 0.3) is 0 Å². The summed E-state index contributed by atoms with van der Waals surface area (Å²) in [6.45, 7) is 8.77. The summed E-state index contributed by atoms with van der Waals surface area (Å²) in [7, 11) is 0. The number of alkyl halides is 1. The second kappa shape index (κ2) is 8.57. The molecular weight excluding hydrogens is 360 g/mol. The van der Waals surface area contributed by atoms with Gasteiger partial charge >= 0.3 is 0 Å². The molecule has 7 heteroatoms. The van der Waals surface area contributed by atoms with Crippen molar-refractivity contribution in [2.24, 2.45) is 0 Å². The minimum Gasteiger partial charge on any atom is -0.293 e. The minimum absolute atomic E-state index is 0.0278. The molecule has 0 aliphatic carbocycles. The number of carbonyl (C=O) groups excluding carboxylic acids is 2. The van der Waals surface area contributed by atoms with Crippen LogP contribution in [0.25, 0.3) is 0 Å². The number of hydrogen-bond donors (Lipinski definition) is 0. The molecule has 0 fully saturated rings. The SMILES string of the molecule is CC(=O)c1ncc(C)nc1C.Cc1cnc(C(=O)CBr)c(C)n1. The van der Waals surface area contributed by atoms with Crippen molar-refractivity contribution in [3.05, 3.63) is 46.6 Å². The number of aromatic nitrogens is 4. The van der Waals surface area contributed by atoms with Crippen LogP contribution in [0.4, 0.5) is 0 Å². The van der Waals surface area contributed by atoms with Crippen molar-refractivity contribution in [2.45, 2.75) is 34.6 Å². The smallest absolute Gasteiger partial charge is 0.193 e. The van der Waals surface area contributed by atoms with E-state index in [0.717, 1.165) is 11.4 Å². The molecule has 0 aliphatic heterocycles. The topological polar surface area (TPSA) is 85.7 Å². The molecule has 0 aliphatic rings. The fourth-order valence-electron chi connectivity index (χ4n) is 1.88. The largest absolute Gasteiger partial charge is 0.293 e. The monoisotopic (exact) mass is 378 g/mol. The Morgan fingerprint density at radius 2 is 1.35 bits per heavy atom. The highest BCUT2D eigenvalue weighted by Gasteiger charge is 2.09. The van der Waals surface area contributed by atoms with E-state index in [2.05, 4.69) is 35.9 Å². The second-order valence-corrected chi connectivity index (χ2v) is 5.56. The van der Waals surface area contributed by atoms with Crippen molar-refractivity contribution < 1.29 is 9.59 Å². The van der Waals surface area contributed by atoms with Gasteiger partial charge in [-0.25, -0.2) is 9.97 Å². The summed E-state index contributed by atoms with van der Waals surface area (Å²) in [4.78, 5) is 38.3. The average molecular weight is 379 g/mol. The third-order valence-corrected chi connectivity index (χ3v) is 3.36. The lowest BCUT2D eigenvalue weighted by atomic mass is 10.2. The van der Waals surface area contributed by atoms with E-state index >= 15 is 0 Å². The number of aryl methyl sites for hydroxylation is 4. The number of Topliss-reactive ketones (excluding diaryl/α,β-unsaturated/α-hetero) is 2. The van der Waals surface area contributed by atoms with E-state index in [1.54, 1.807) is 26.2 Å². The number of hydrogen-bond acceptors (Lipinski definition) is 6. The summed E-state index contributed by atoms with van der Waals surface area (Å²) in [5, 5.41) is 0.297. The number of halogens is 1. The van der Waals surface area contributed by atoms with Crippen LogP contribution in [-0.4, -0.2) is 36.8 Å². The van der Waals surface area contributed by atoms with Gasteiger partial charge in [-0.1, -0.05) is 15.9 Å². The summed E-state index contributed by atoms with van der Waals surface area (Å²) < 4.78 is 0. The first kappa shape index (κ1) is 19.0. The fourth-order valence-corrected chi connectivity index (χ4v) is 2.14. The van der Waals surface area contributed by atoms with Gasteiger partial charge in [0, 0.05) is 19.3 Å². The van der Waals surface area contributed by atoms with Crippen LogP contribution in [-0.2, 0) is 0 Å². The van der Waals surface area contributed by atoms with Gasteiger partial charge < -0.3 is 0 Å². The lowest BCUT2D eigenvalue weighted by molar-refractivity contribution is 0.100. The maximum atomic E-state index is 11.2. The number of carbonyl (C=O) groups is 2. The van der Waals surface area contributed by atoms with Gasteiger partial charge in [-0.3, -0.25) is 19.6 Å². The summed E-state index contributed by atoms with van der Waals surface area (Å²) in [5.74, 6) is -0.0602. The third-order valence-electron chi connectivity index (χ3n) is 2.85. The molecule has 2 rings (SSSR count). The summed E-state index contributed by atoms with van der Waals surface area (Å²) in [5.41, 5.74) is 4.00. The van der Waals surface area contributed by atoms with Crippen molar-refractivity contribution in [2.75, 3.05) is 5.33 Å². The van der Waals surface area contributed by atoms with Crippen LogP contribution in [0.3, 0.4) is 0 Å². The van der Waals surface area contributed by atoms with Crippen molar-refractivity contribution in [1.29, 1.82) is 0 Å². The molecule has 0 amide bonds. The Morgan fingerprint density at radius 1 is 0.913 bits per heavy atom. The standard InChI is InChI=1S/C8H9BrN2O.C8H10N2O/c1-5-4-10-8(6(2)11-5)7(12)3-9;1-5-4-9-8(7(3)11)6(2)10-5/h4H,3H2,1-2H3;4H,1-3H3. The van der Waals surface area contributed by atoms with Crippen LogP contribution in [0.15, 0.2) is 12.4 Å². The molecule has 0 saturated carbocycles. The zero-order chi connectivity index (χ0) is 17.6. The quantitative estimate of drug-likeness (QED) is 0.602. The van der Waals surface area contributed by atoms with E-state index in [1.807, 2.05) is 13.8 Å². The first-order chi connectivity index (χ1) is 10.8. The Kier molecular flexibility index (Phi) is 7.09. The molecule has 0 saturated heterocycles. The predicted octanol–water partition coefficient (Wildman–Crippen LogP) is 2.97. The van der Waals surface area contributed by atoms with E-state index < -0.39 is 0 Å². The van der Waals surface area contributed by atoms with Crippen LogP contribution >= 0.6 is 15.9 Å². The molecule has 2 aromatic heterocycles. The molecule has 0 radical (unpaired) electrons. The highest BCUT2D eigenvalue weighted by Crippen LogP contribution is 2.04. The zero-order valence-electron chi connectivity index (χ0n) is 13.8. The molecule has 2 aromatic rings. The van der Waals surface area contributed by atoms with Gasteiger partial charge in [0.2, 0.25) is 0 Å². The molecule has 23 heavy (non-hydrogen) atoms. The maximum absolute atomic E-state index is 11.2. The van der Waals surface area contributed by atoms with E-state index in [1.165, 1.54) is 6.92 Å². The molecule has 0 spiro atoms. The average Bonchev–Trinajstić information content (AvgIpc) is 2.46. The molecule has 0 bridgehead atoms. The summed E-state index contributed by atoms with van der Waals surface area (Å²) >= 11 is 3.09. The van der Waals surface area contributed by atoms with Crippen molar-refractivity contribution in [3.63, 3.8) is 0 Å². The molecule has 0 atom stereocenters. The van der Waals surface area contributed by atoms with Crippen LogP contribution in [0, 0.1) is 27.7 Å². The molecule has 0 aromatic carbocycles. The Morgan fingerprint density at radius 3 is 1.70 bits per heavy atom. The Balaban J connectivity index is 0.000000231. The Labute approximate surface area is 143 Å². The maximum Gasteiger partial charge on any atom is 0.193 e. The number of nitrogens with zero attached hydrogens (tertiary/aromatic N) is 4. The molecular formula is C16H19BrN4O2. The predicted molar refractivity (Wildman–Crippen MR) is 91.1 cm³/mol. The molecule has 0 N–H and O–H groups in total. The van der Waals surface area contributed by atoms with E-state index in [9.17, 15) is 9.59 Å². The van der Waals surface area contributed by atoms with Crippen molar-refractivity contribution in [3.8, 4) is 0 Å². The first-order valence-corrected chi connectivity index (χ1v) is 8.09. The summed E-state index contributed by atoms with van der Waals surface area (Å²) in [6.07, 6.45) is 3.20. The van der Waals surface area contributed by atoms with Gasteiger partial charge in [-0.15, -0.1) is 0 Å². The summed E-state index contributed by atoms with van der Waals surface area (Å²) in [6, 6.07) is 0. The normalized spacial score (nSPS) is 9.83. The van der Waals surface area contributed by atoms with Crippen LogP contribution in [0.1, 0.15) is 50.7 Å². The fraction of sp³-hybridized carbons (Fsp3) is 0.375. The minimum atomic E-state index is -0.0324. The Hall–Kier alpha value is -2.02.